The molecule has 2 rings (SSSR count). The summed E-state index contributed by atoms with van der Waals surface area (Å²) in [7, 11) is 0. The van der Waals surface area contributed by atoms with E-state index < -0.39 is 0 Å². The molecule has 0 aliphatic heterocycles. The molecule has 2 atom stereocenters. The van der Waals surface area contributed by atoms with Crippen LogP contribution in [-0.4, -0.2) is 17.4 Å². The fourth-order valence-electron chi connectivity index (χ4n) is 2.50. The average Bonchev–Trinajstić information content (AvgIpc) is 2.82. The highest BCUT2D eigenvalue weighted by molar-refractivity contribution is 14.1. The van der Waals surface area contributed by atoms with Crippen LogP contribution in [0.15, 0.2) is 12.1 Å². The van der Waals surface area contributed by atoms with E-state index in [2.05, 4.69) is 32.9 Å². The van der Waals surface area contributed by atoms with E-state index >= 15 is 0 Å². The number of rotatable bonds is 3. The van der Waals surface area contributed by atoms with Crippen molar-refractivity contribution in [2.75, 3.05) is 11.9 Å². The van der Waals surface area contributed by atoms with Crippen molar-refractivity contribution in [3.05, 3.63) is 21.4 Å². The number of anilines is 1. The molecule has 0 radical (unpaired) electrons. The van der Waals surface area contributed by atoms with Crippen LogP contribution < -0.4 is 11.1 Å². The van der Waals surface area contributed by atoms with Crippen LogP contribution >= 0.6 is 22.6 Å². The monoisotopic (exact) mass is 359 g/mol. The largest absolute Gasteiger partial charge is 0.330 e. The molecule has 1 heterocycles. The summed E-state index contributed by atoms with van der Waals surface area (Å²) in [6.07, 6.45) is 3.10. The maximum absolute atomic E-state index is 12.2. The third-order valence-electron chi connectivity index (χ3n) is 3.57. The number of aromatic nitrogens is 1. The van der Waals surface area contributed by atoms with E-state index in [9.17, 15) is 4.79 Å². The van der Waals surface area contributed by atoms with E-state index in [0.717, 1.165) is 28.5 Å². The number of nitrogens with zero attached hydrogens (tertiary/aromatic N) is 1. The second-order valence-electron chi connectivity index (χ2n) is 4.79. The van der Waals surface area contributed by atoms with Crippen LogP contribution in [0.2, 0.25) is 0 Å². The van der Waals surface area contributed by atoms with Crippen LogP contribution in [0.3, 0.4) is 0 Å². The van der Waals surface area contributed by atoms with Gasteiger partial charge >= 0.3 is 0 Å². The molecule has 0 bridgehead atoms. The molecular weight excluding hydrogens is 341 g/mol. The molecule has 0 aromatic carbocycles. The van der Waals surface area contributed by atoms with Gasteiger partial charge in [0.2, 0.25) is 5.91 Å². The van der Waals surface area contributed by atoms with E-state index in [1.165, 1.54) is 0 Å². The van der Waals surface area contributed by atoms with Gasteiger partial charge in [-0.1, -0.05) is 6.42 Å². The molecule has 1 aliphatic carbocycles. The molecule has 5 heteroatoms. The minimum absolute atomic E-state index is 0.0522. The zero-order chi connectivity index (χ0) is 13.1. The summed E-state index contributed by atoms with van der Waals surface area (Å²) >= 11 is 2.23. The number of hydrogen-bond acceptors (Lipinski definition) is 3. The fraction of sp³-hybridized carbons (Fsp3) is 0.538. The molecule has 0 saturated heterocycles. The number of nitrogens with one attached hydrogen (secondary N) is 1. The molecule has 1 aromatic heterocycles. The first-order chi connectivity index (χ1) is 8.61. The maximum Gasteiger partial charge on any atom is 0.228 e. The van der Waals surface area contributed by atoms with Crippen molar-refractivity contribution >= 4 is 34.3 Å². The molecule has 18 heavy (non-hydrogen) atoms. The highest BCUT2D eigenvalue weighted by Crippen LogP contribution is 2.31. The first kappa shape index (κ1) is 13.7. The summed E-state index contributed by atoms with van der Waals surface area (Å²) in [4.78, 5) is 16.5. The Labute approximate surface area is 121 Å². The number of nitrogens with two attached hydrogens (primary N) is 1. The van der Waals surface area contributed by atoms with E-state index in [4.69, 9.17) is 5.73 Å². The van der Waals surface area contributed by atoms with E-state index in [-0.39, 0.29) is 11.8 Å². The number of pyridine rings is 1. The van der Waals surface area contributed by atoms with Gasteiger partial charge in [-0.3, -0.25) is 4.79 Å². The lowest BCUT2D eigenvalue weighted by molar-refractivity contribution is -0.120. The van der Waals surface area contributed by atoms with Gasteiger partial charge in [0.05, 0.1) is 5.69 Å². The summed E-state index contributed by atoms with van der Waals surface area (Å²) < 4.78 is 1.10. The topological polar surface area (TPSA) is 68.0 Å². The number of carbonyl (C=O) groups excluding carboxylic acids is 1. The maximum atomic E-state index is 12.2. The Morgan fingerprint density at radius 2 is 2.33 bits per heavy atom. The van der Waals surface area contributed by atoms with Crippen LogP contribution in [-0.2, 0) is 4.79 Å². The van der Waals surface area contributed by atoms with Crippen molar-refractivity contribution in [2.24, 2.45) is 17.6 Å². The Balaban J connectivity index is 2.04. The normalized spacial score (nSPS) is 23.1. The van der Waals surface area contributed by atoms with Crippen molar-refractivity contribution in [3.8, 4) is 0 Å². The average molecular weight is 359 g/mol. The molecular formula is C13H18IN3O. The van der Waals surface area contributed by atoms with Crippen molar-refractivity contribution in [2.45, 2.75) is 26.2 Å². The molecule has 4 nitrogen and oxygen atoms in total. The lowest BCUT2D eigenvalue weighted by Gasteiger charge is -2.17. The molecule has 1 fully saturated rings. The van der Waals surface area contributed by atoms with E-state index in [1.807, 2.05) is 19.1 Å². The summed E-state index contributed by atoms with van der Waals surface area (Å²) in [5, 5.41) is 2.91. The van der Waals surface area contributed by atoms with Gasteiger partial charge in [-0.2, -0.15) is 0 Å². The fourth-order valence-corrected chi connectivity index (χ4v) is 2.80. The number of amides is 1. The van der Waals surface area contributed by atoms with Crippen molar-refractivity contribution in [1.82, 2.24) is 4.98 Å². The summed E-state index contributed by atoms with van der Waals surface area (Å²) in [6, 6.07) is 3.81. The van der Waals surface area contributed by atoms with Gasteiger partial charge in [0.15, 0.2) is 0 Å². The van der Waals surface area contributed by atoms with Crippen molar-refractivity contribution in [1.29, 1.82) is 0 Å². The first-order valence-electron chi connectivity index (χ1n) is 6.26. The highest BCUT2D eigenvalue weighted by atomic mass is 127. The van der Waals surface area contributed by atoms with Gasteiger partial charge in [-0.25, -0.2) is 4.98 Å². The van der Waals surface area contributed by atoms with Gasteiger partial charge in [-0.15, -0.1) is 0 Å². The van der Waals surface area contributed by atoms with E-state index in [0.29, 0.717) is 18.3 Å². The minimum Gasteiger partial charge on any atom is -0.330 e. The van der Waals surface area contributed by atoms with Crippen LogP contribution in [0.4, 0.5) is 5.82 Å². The minimum atomic E-state index is 0.0522. The Morgan fingerprint density at radius 1 is 1.56 bits per heavy atom. The quantitative estimate of drug-likeness (QED) is 0.814. The smallest absolute Gasteiger partial charge is 0.228 e. The van der Waals surface area contributed by atoms with Gasteiger partial charge in [-0.05, 0) is 67.0 Å². The molecule has 0 unspecified atom stereocenters. The van der Waals surface area contributed by atoms with Crippen molar-refractivity contribution in [3.63, 3.8) is 0 Å². The molecule has 1 amide bonds. The van der Waals surface area contributed by atoms with Gasteiger partial charge < -0.3 is 11.1 Å². The molecule has 1 aromatic rings. The summed E-state index contributed by atoms with van der Waals surface area (Å²) in [5.41, 5.74) is 6.64. The molecule has 1 saturated carbocycles. The second kappa shape index (κ2) is 5.97. The summed E-state index contributed by atoms with van der Waals surface area (Å²) in [6.45, 7) is 2.53. The lowest BCUT2D eigenvalue weighted by Crippen LogP contribution is -2.30. The number of hydrogen-bond donors (Lipinski definition) is 2. The highest BCUT2D eigenvalue weighted by Gasteiger charge is 2.32. The number of carbonyl (C=O) groups is 1. The molecule has 3 N–H and O–H groups in total. The number of aryl methyl sites for hydroxylation is 1. The Bertz CT molecular complexity index is 450. The van der Waals surface area contributed by atoms with Gasteiger partial charge in [0, 0.05) is 9.49 Å². The number of halogens is 1. The zero-order valence-electron chi connectivity index (χ0n) is 10.4. The first-order valence-corrected chi connectivity index (χ1v) is 7.33. The van der Waals surface area contributed by atoms with Crippen LogP contribution in [0.1, 0.15) is 25.0 Å². The van der Waals surface area contributed by atoms with Crippen LogP contribution in [0.25, 0.3) is 0 Å². The Kier molecular flexibility index (Phi) is 4.55. The molecule has 0 spiro atoms. The van der Waals surface area contributed by atoms with Crippen LogP contribution in [0.5, 0.6) is 0 Å². The molecule has 98 valence electrons. The zero-order valence-corrected chi connectivity index (χ0v) is 12.6. The Hall–Kier alpha value is -0.690. The SMILES string of the molecule is Cc1nc(NC(=O)[C@@H]2CCC[C@@H]2CN)ccc1I. The summed E-state index contributed by atoms with van der Waals surface area (Å²) in [5.74, 6) is 1.09. The predicted octanol–water partition coefficient (Wildman–Crippen LogP) is 2.31. The standard InChI is InChI=1S/C13H18IN3O/c1-8-11(14)5-6-12(16-8)17-13(18)10-4-2-3-9(10)7-15/h5-6,9-10H,2-4,7,15H2,1H3,(H,16,17,18)/t9-,10-/m1/s1. The second-order valence-corrected chi connectivity index (χ2v) is 5.95. The van der Waals surface area contributed by atoms with Crippen LogP contribution in [0, 0.1) is 22.3 Å². The lowest BCUT2D eigenvalue weighted by atomic mass is 9.95. The van der Waals surface area contributed by atoms with Gasteiger partial charge in [0.1, 0.15) is 5.82 Å². The third kappa shape index (κ3) is 3.00. The predicted molar refractivity (Wildman–Crippen MR) is 80.2 cm³/mol. The van der Waals surface area contributed by atoms with Crippen molar-refractivity contribution < 1.29 is 4.79 Å². The van der Waals surface area contributed by atoms with Gasteiger partial charge in [0.25, 0.3) is 0 Å². The Morgan fingerprint density at radius 3 is 3.00 bits per heavy atom. The molecule has 1 aliphatic rings. The van der Waals surface area contributed by atoms with E-state index in [1.54, 1.807) is 0 Å². The third-order valence-corrected chi connectivity index (χ3v) is 4.71.